The molecule has 2 aromatic heterocycles. The number of pyridine rings is 2. The number of anilines is 2. The minimum absolute atomic E-state index is 0. The van der Waals surface area contributed by atoms with E-state index in [1.807, 2.05) is 36.4 Å². The molecule has 360 valence electrons. The van der Waals surface area contributed by atoms with Gasteiger partial charge in [0.1, 0.15) is 11.4 Å². The topological polar surface area (TPSA) is 192 Å². The highest BCUT2D eigenvalue weighted by Gasteiger charge is 2.47. The van der Waals surface area contributed by atoms with Crippen molar-refractivity contribution in [3.05, 3.63) is 127 Å². The van der Waals surface area contributed by atoms with E-state index in [0.29, 0.717) is 33.3 Å². The molecule has 2 aliphatic heterocycles. The third kappa shape index (κ3) is 10.2. The summed E-state index contributed by atoms with van der Waals surface area (Å²) in [6, 6.07) is 19.0. The van der Waals surface area contributed by atoms with Crippen LogP contribution in [0.1, 0.15) is 133 Å². The number of fused-ring (bicyclic) bond motifs is 6. The Kier molecular flexibility index (Phi) is 15.6. The van der Waals surface area contributed by atoms with Gasteiger partial charge in [0.2, 0.25) is 11.4 Å². The molecule has 0 spiro atoms. The normalized spacial score (nSPS) is 24.6. The molecule has 5 aliphatic carbocycles. The van der Waals surface area contributed by atoms with Crippen molar-refractivity contribution in [3.63, 3.8) is 0 Å². The molecule has 4 aromatic rings. The van der Waals surface area contributed by atoms with E-state index in [1.54, 1.807) is 24.3 Å². The number of carboxylic acid groups (broad SMARTS) is 2. The Morgan fingerprint density at radius 2 is 0.957 bits per heavy atom. The molecule has 4 heterocycles. The molecule has 7 aliphatic rings. The number of aromatic carboxylic acids is 2. The minimum atomic E-state index is -1.01. The van der Waals surface area contributed by atoms with E-state index >= 15 is 0 Å². The van der Waals surface area contributed by atoms with Crippen LogP contribution >= 0.6 is 35.6 Å². The van der Waals surface area contributed by atoms with E-state index in [1.165, 1.54) is 64.2 Å². The van der Waals surface area contributed by atoms with Crippen molar-refractivity contribution in [2.24, 2.45) is 45.3 Å². The van der Waals surface area contributed by atoms with Crippen molar-refractivity contribution in [3.8, 4) is 0 Å². The summed E-state index contributed by atoms with van der Waals surface area (Å²) in [4.78, 5) is 38.3. The average Bonchev–Trinajstić information content (AvgIpc) is 4.19. The molecule has 0 radical (unpaired) electrons. The van der Waals surface area contributed by atoms with Crippen molar-refractivity contribution in [1.29, 1.82) is 0 Å². The smallest absolute Gasteiger partial charge is 0.354 e. The predicted molar refractivity (Wildman–Crippen MR) is 273 cm³/mol. The first-order valence-corrected chi connectivity index (χ1v) is 24.8. The van der Waals surface area contributed by atoms with Gasteiger partial charge in [0, 0.05) is 45.1 Å². The van der Waals surface area contributed by atoms with Crippen LogP contribution in [0.25, 0.3) is 9.69 Å². The fourth-order valence-electron chi connectivity index (χ4n) is 11.7. The molecule has 11 rings (SSSR count). The average molecular weight is 992 g/mol. The Bertz CT molecular complexity index is 2560. The van der Waals surface area contributed by atoms with Gasteiger partial charge in [0.25, 0.3) is 0 Å². The number of hydrogen-bond donors (Lipinski definition) is 4. The lowest BCUT2D eigenvalue weighted by atomic mass is 9.76. The van der Waals surface area contributed by atoms with Gasteiger partial charge in [-0.05, 0) is 125 Å². The van der Waals surface area contributed by atoms with Gasteiger partial charge in [-0.15, -0.1) is 12.4 Å². The summed E-state index contributed by atoms with van der Waals surface area (Å²) in [7, 11) is 0. The predicted octanol–water partition coefficient (Wildman–Crippen LogP) is 11.3. The molecule has 6 atom stereocenters. The summed E-state index contributed by atoms with van der Waals surface area (Å²) in [6.45, 7) is 14.5. The maximum atomic E-state index is 11.3. The lowest BCUT2D eigenvalue weighted by molar-refractivity contribution is 0.0679. The molecule has 6 N–H and O–H groups in total. The SMILES string of the molecule is Cl.N[C@H]1CCCC[C@@H]1N.[C-]#[N+]c1ccc(N2N=C3c4ccc(C(=O)O)nc4CC[C@@H]3[C@@H]2C2CCCC2)cc1Cl.[C-]#[N+]c1ccc(N2N=C3c4ccc(C(=O)O)nc4CC[C@@H]3[C@@H]2C2CCCC2)cc1Cl. The first kappa shape index (κ1) is 49.8. The zero-order valence-corrected chi connectivity index (χ0v) is 40.6. The molecule has 14 nitrogen and oxygen atoms in total. The van der Waals surface area contributed by atoms with E-state index in [2.05, 4.69) is 29.7 Å². The van der Waals surface area contributed by atoms with Gasteiger partial charge in [0.15, 0.2) is 0 Å². The number of nitrogens with two attached hydrogens (primary N) is 2. The molecule has 3 fully saturated rings. The number of carbonyl (C=O) groups is 2. The highest BCUT2D eigenvalue weighted by molar-refractivity contribution is 6.34. The molecule has 0 amide bonds. The van der Waals surface area contributed by atoms with Crippen LogP contribution in [0.5, 0.6) is 0 Å². The van der Waals surface area contributed by atoms with Gasteiger partial charge in [0.05, 0.1) is 59.4 Å². The number of aromatic nitrogens is 2. The second-order valence-corrected chi connectivity index (χ2v) is 19.9. The first-order valence-electron chi connectivity index (χ1n) is 24.0. The fourth-order valence-corrected chi connectivity index (χ4v) is 12.2. The van der Waals surface area contributed by atoms with Gasteiger partial charge >= 0.3 is 11.9 Å². The summed E-state index contributed by atoms with van der Waals surface area (Å²) in [6.07, 6.45) is 17.9. The number of hydrazone groups is 2. The molecule has 2 aromatic carbocycles. The van der Waals surface area contributed by atoms with Gasteiger partial charge in [-0.2, -0.15) is 10.2 Å². The van der Waals surface area contributed by atoms with Crippen LogP contribution in [-0.2, 0) is 12.8 Å². The summed E-state index contributed by atoms with van der Waals surface area (Å²) in [5.74, 6) is -0.317. The highest BCUT2D eigenvalue weighted by Crippen LogP contribution is 2.47. The zero-order valence-electron chi connectivity index (χ0n) is 38.3. The number of halogens is 3. The number of benzene rings is 2. The Hall–Kier alpha value is -5.61. The van der Waals surface area contributed by atoms with Gasteiger partial charge in [-0.1, -0.05) is 73.9 Å². The lowest BCUT2D eigenvalue weighted by Crippen LogP contribution is -2.43. The maximum absolute atomic E-state index is 11.3. The molecule has 0 saturated heterocycles. The Morgan fingerprint density at radius 1 is 0.580 bits per heavy atom. The molecule has 17 heteroatoms. The largest absolute Gasteiger partial charge is 0.477 e. The van der Waals surface area contributed by atoms with Crippen LogP contribution in [0, 0.1) is 36.8 Å². The van der Waals surface area contributed by atoms with Crippen LogP contribution in [0.15, 0.2) is 70.9 Å². The molecule has 0 bridgehead atoms. The molecular formula is C52H57Cl3N10O4. The third-order valence-electron chi connectivity index (χ3n) is 15.1. The van der Waals surface area contributed by atoms with E-state index in [-0.39, 0.29) is 59.8 Å². The van der Waals surface area contributed by atoms with Crippen LogP contribution in [0.2, 0.25) is 10.0 Å². The fraction of sp³-hybridized carbons (Fsp3) is 0.462. The van der Waals surface area contributed by atoms with E-state index in [0.717, 1.165) is 83.8 Å². The summed E-state index contributed by atoms with van der Waals surface area (Å²) < 4.78 is 0. The standard InChI is InChI=1S/2C23H21ClN4O2.C6H14N2.ClH/c2*1-25-19-9-6-14(12-17(19)24)28-22(13-4-2-3-5-13)16-8-10-18-15(21(16)27-28)7-11-20(26-18)23(29)30;7-5-3-1-2-4-6(5)8;/h2*6-7,9,11-13,16,22H,2-5,8,10H2,(H,29,30);5-6H,1-4,7-8H2;1H/t2*16-,22-;5-,6-;/m000./s1. The molecule has 0 unspecified atom stereocenters. The van der Waals surface area contributed by atoms with Crippen LogP contribution in [0.4, 0.5) is 22.7 Å². The van der Waals surface area contributed by atoms with E-state index in [9.17, 15) is 19.8 Å². The van der Waals surface area contributed by atoms with Gasteiger partial charge in [-0.3, -0.25) is 10.0 Å². The molecule has 69 heavy (non-hydrogen) atoms. The van der Waals surface area contributed by atoms with Crippen molar-refractivity contribution in [1.82, 2.24) is 9.97 Å². The first-order chi connectivity index (χ1) is 32.9. The van der Waals surface area contributed by atoms with E-state index in [4.69, 9.17) is 58.0 Å². The monoisotopic (exact) mass is 990 g/mol. The van der Waals surface area contributed by atoms with Crippen molar-refractivity contribution < 1.29 is 19.8 Å². The number of aryl methyl sites for hydroxylation is 2. The van der Waals surface area contributed by atoms with Crippen molar-refractivity contribution in [2.45, 2.75) is 127 Å². The van der Waals surface area contributed by atoms with Crippen molar-refractivity contribution >= 4 is 81.7 Å². The zero-order chi connectivity index (χ0) is 47.6. The van der Waals surface area contributed by atoms with Gasteiger partial charge < -0.3 is 21.7 Å². The number of nitrogens with zero attached hydrogens (tertiary/aromatic N) is 8. The number of carboxylic acids is 2. The van der Waals surface area contributed by atoms with E-state index < -0.39 is 11.9 Å². The number of rotatable bonds is 6. The highest BCUT2D eigenvalue weighted by atomic mass is 35.5. The number of hydrogen-bond acceptors (Lipinski definition) is 10. The second-order valence-electron chi connectivity index (χ2n) is 19.1. The minimum Gasteiger partial charge on any atom is -0.477 e. The van der Waals surface area contributed by atoms with Crippen LogP contribution in [0.3, 0.4) is 0 Å². The van der Waals surface area contributed by atoms with Crippen LogP contribution < -0.4 is 21.5 Å². The van der Waals surface area contributed by atoms with Crippen molar-refractivity contribution in [2.75, 3.05) is 10.0 Å². The second kappa shape index (κ2) is 21.6. The maximum Gasteiger partial charge on any atom is 0.354 e. The summed E-state index contributed by atoms with van der Waals surface area (Å²) in [5, 5.41) is 33.8. The summed E-state index contributed by atoms with van der Waals surface area (Å²) in [5.41, 5.74) is 19.7. The Morgan fingerprint density at radius 3 is 1.29 bits per heavy atom. The Labute approximate surface area is 419 Å². The third-order valence-corrected chi connectivity index (χ3v) is 15.7. The Balaban J connectivity index is 0.000000158. The molecular weight excluding hydrogens is 935 g/mol. The van der Waals surface area contributed by atoms with Gasteiger partial charge in [-0.25, -0.2) is 29.2 Å². The van der Waals surface area contributed by atoms with Crippen LogP contribution in [-0.4, -0.2) is 67.7 Å². The quantitative estimate of drug-likeness (QED) is 0.135. The molecule has 3 saturated carbocycles. The lowest BCUT2D eigenvalue weighted by Gasteiger charge is -2.34. The summed E-state index contributed by atoms with van der Waals surface area (Å²) >= 11 is 12.7.